The maximum atomic E-state index is 11.4. The van der Waals surface area contributed by atoms with Gasteiger partial charge >= 0.3 is 0 Å². The molecule has 14 heavy (non-hydrogen) atoms. The summed E-state index contributed by atoms with van der Waals surface area (Å²) in [6.45, 7) is 5.87. The minimum absolute atomic E-state index is 0.0465. The third-order valence-electron chi connectivity index (χ3n) is 2.77. The highest BCUT2D eigenvalue weighted by atomic mass is 16.3. The summed E-state index contributed by atoms with van der Waals surface area (Å²) in [6, 6.07) is 0. The zero-order chi connectivity index (χ0) is 10.6. The molecule has 3 N–H and O–H groups in total. The van der Waals surface area contributed by atoms with Gasteiger partial charge in [-0.15, -0.1) is 0 Å². The van der Waals surface area contributed by atoms with Gasteiger partial charge in [-0.25, -0.2) is 0 Å². The molecule has 0 aliphatic carbocycles. The van der Waals surface area contributed by atoms with Crippen molar-refractivity contribution in [2.24, 2.45) is 5.92 Å². The van der Waals surface area contributed by atoms with E-state index in [4.69, 9.17) is 0 Å². The van der Waals surface area contributed by atoms with Gasteiger partial charge in [0.1, 0.15) is 0 Å². The third kappa shape index (κ3) is 3.64. The molecule has 0 aromatic rings. The van der Waals surface area contributed by atoms with E-state index in [-0.39, 0.29) is 5.91 Å². The molecule has 0 spiro atoms. The van der Waals surface area contributed by atoms with Gasteiger partial charge in [0.15, 0.2) is 0 Å². The molecule has 0 aromatic carbocycles. The van der Waals surface area contributed by atoms with Gasteiger partial charge in [-0.3, -0.25) is 4.79 Å². The molecule has 1 amide bonds. The maximum Gasteiger partial charge on any atom is 0.220 e. The van der Waals surface area contributed by atoms with Crippen molar-refractivity contribution in [3.05, 3.63) is 0 Å². The molecule has 0 bridgehead atoms. The van der Waals surface area contributed by atoms with Crippen molar-refractivity contribution < 1.29 is 9.90 Å². The first-order valence-electron chi connectivity index (χ1n) is 5.23. The second-order valence-corrected chi connectivity index (χ2v) is 4.36. The monoisotopic (exact) mass is 200 g/mol. The van der Waals surface area contributed by atoms with Crippen molar-refractivity contribution >= 4 is 5.91 Å². The van der Waals surface area contributed by atoms with E-state index in [9.17, 15) is 9.90 Å². The summed E-state index contributed by atoms with van der Waals surface area (Å²) >= 11 is 0. The van der Waals surface area contributed by atoms with Crippen LogP contribution in [0.3, 0.4) is 0 Å². The van der Waals surface area contributed by atoms with Crippen LogP contribution in [0.4, 0.5) is 0 Å². The van der Waals surface area contributed by atoms with E-state index in [0.717, 1.165) is 13.1 Å². The molecular weight excluding hydrogens is 180 g/mol. The fourth-order valence-corrected chi connectivity index (χ4v) is 1.24. The Morgan fingerprint density at radius 3 is 2.71 bits per heavy atom. The lowest BCUT2D eigenvalue weighted by molar-refractivity contribution is -0.123. The van der Waals surface area contributed by atoms with Crippen LogP contribution in [0.2, 0.25) is 0 Å². The number of amides is 1. The van der Waals surface area contributed by atoms with Crippen molar-refractivity contribution in [1.82, 2.24) is 10.6 Å². The van der Waals surface area contributed by atoms with E-state index >= 15 is 0 Å². The normalized spacial score (nSPS) is 21.1. The first-order valence-corrected chi connectivity index (χ1v) is 5.23. The Morgan fingerprint density at radius 2 is 2.29 bits per heavy atom. The van der Waals surface area contributed by atoms with Crippen molar-refractivity contribution in [3.8, 4) is 0 Å². The van der Waals surface area contributed by atoms with Gasteiger partial charge in [0.25, 0.3) is 0 Å². The average molecular weight is 200 g/mol. The summed E-state index contributed by atoms with van der Waals surface area (Å²) in [5, 5.41) is 15.5. The van der Waals surface area contributed by atoms with Gasteiger partial charge < -0.3 is 15.7 Å². The molecule has 4 nitrogen and oxygen atoms in total. The minimum Gasteiger partial charge on any atom is -0.388 e. The molecule has 0 aromatic heterocycles. The van der Waals surface area contributed by atoms with Crippen molar-refractivity contribution in [3.63, 3.8) is 0 Å². The Morgan fingerprint density at radius 1 is 1.64 bits per heavy atom. The SMILES string of the molecule is CCC(C)(O)CNC(=O)CC1CNC1. The number of carbonyl (C=O) groups is 1. The highest BCUT2D eigenvalue weighted by Crippen LogP contribution is 2.09. The molecule has 1 aliphatic rings. The van der Waals surface area contributed by atoms with E-state index in [1.807, 2.05) is 6.92 Å². The largest absolute Gasteiger partial charge is 0.388 e. The standard InChI is InChI=1S/C10H20N2O2/c1-3-10(2,14)7-12-9(13)4-8-5-11-6-8/h8,11,14H,3-7H2,1-2H3,(H,12,13). The van der Waals surface area contributed by atoms with Gasteiger partial charge in [-0.05, 0) is 32.4 Å². The predicted octanol–water partition coefficient (Wildman–Crippen LogP) is -0.127. The summed E-state index contributed by atoms with van der Waals surface area (Å²) in [4.78, 5) is 11.4. The molecule has 1 fully saturated rings. The Hall–Kier alpha value is -0.610. The average Bonchev–Trinajstić information content (AvgIpc) is 2.08. The minimum atomic E-state index is -0.770. The third-order valence-corrected chi connectivity index (χ3v) is 2.77. The fourth-order valence-electron chi connectivity index (χ4n) is 1.24. The van der Waals surface area contributed by atoms with Crippen LogP contribution in [0, 0.1) is 5.92 Å². The van der Waals surface area contributed by atoms with E-state index in [0.29, 0.717) is 25.3 Å². The van der Waals surface area contributed by atoms with Crippen molar-refractivity contribution in [1.29, 1.82) is 0 Å². The Kier molecular flexibility index (Phi) is 3.89. The van der Waals surface area contributed by atoms with E-state index < -0.39 is 5.60 Å². The second-order valence-electron chi connectivity index (χ2n) is 4.36. The van der Waals surface area contributed by atoms with Crippen LogP contribution < -0.4 is 10.6 Å². The number of carbonyl (C=O) groups excluding carboxylic acids is 1. The second kappa shape index (κ2) is 4.75. The molecule has 1 unspecified atom stereocenters. The number of nitrogens with one attached hydrogen (secondary N) is 2. The molecule has 1 rings (SSSR count). The molecule has 0 saturated carbocycles. The molecule has 4 heteroatoms. The highest BCUT2D eigenvalue weighted by Gasteiger charge is 2.22. The van der Waals surface area contributed by atoms with Gasteiger partial charge in [0.05, 0.1) is 5.60 Å². The quantitative estimate of drug-likeness (QED) is 0.579. The summed E-state index contributed by atoms with van der Waals surface area (Å²) in [7, 11) is 0. The predicted molar refractivity (Wildman–Crippen MR) is 54.9 cm³/mol. The molecule has 82 valence electrons. The number of aliphatic hydroxyl groups is 1. The van der Waals surface area contributed by atoms with Crippen LogP contribution in [0.5, 0.6) is 0 Å². The summed E-state index contributed by atoms with van der Waals surface area (Å²) in [6.07, 6.45) is 1.23. The van der Waals surface area contributed by atoms with Crippen LogP contribution in [0.1, 0.15) is 26.7 Å². The Balaban J connectivity index is 2.13. The molecule has 1 heterocycles. The number of hydrogen-bond donors (Lipinski definition) is 3. The summed E-state index contributed by atoms with van der Waals surface area (Å²) < 4.78 is 0. The first kappa shape index (κ1) is 11.5. The zero-order valence-corrected chi connectivity index (χ0v) is 8.97. The molecule has 1 saturated heterocycles. The van der Waals surface area contributed by atoms with Gasteiger partial charge in [0.2, 0.25) is 5.91 Å². The van der Waals surface area contributed by atoms with Crippen LogP contribution in [0.25, 0.3) is 0 Å². The topological polar surface area (TPSA) is 61.4 Å². The molecule has 1 atom stereocenters. The van der Waals surface area contributed by atoms with E-state index in [1.54, 1.807) is 6.92 Å². The number of rotatable bonds is 5. The molecular formula is C10H20N2O2. The van der Waals surface area contributed by atoms with Gasteiger partial charge in [-0.1, -0.05) is 6.92 Å². The first-order chi connectivity index (χ1) is 6.53. The highest BCUT2D eigenvalue weighted by molar-refractivity contribution is 5.76. The summed E-state index contributed by atoms with van der Waals surface area (Å²) in [5.74, 6) is 0.534. The molecule has 0 radical (unpaired) electrons. The smallest absolute Gasteiger partial charge is 0.220 e. The lowest BCUT2D eigenvalue weighted by Crippen LogP contribution is -2.46. The fraction of sp³-hybridized carbons (Fsp3) is 0.900. The van der Waals surface area contributed by atoms with E-state index in [2.05, 4.69) is 10.6 Å². The summed E-state index contributed by atoms with van der Waals surface area (Å²) in [5.41, 5.74) is -0.770. The maximum absolute atomic E-state index is 11.4. The lowest BCUT2D eigenvalue weighted by Gasteiger charge is -2.27. The van der Waals surface area contributed by atoms with Crippen LogP contribution in [0.15, 0.2) is 0 Å². The van der Waals surface area contributed by atoms with Crippen molar-refractivity contribution in [2.45, 2.75) is 32.3 Å². The van der Waals surface area contributed by atoms with Crippen molar-refractivity contribution in [2.75, 3.05) is 19.6 Å². The van der Waals surface area contributed by atoms with Crippen LogP contribution in [-0.2, 0) is 4.79 Å². The lowest BCUT2D eigenvalue weighted by atomic mass is 9.98. The van der Waals surface area contributed by atoms with Gasteiger partial charge in [0, 0.05) is 13.0 Å². The zero-order valence-electron chi connectivity index (χ0n) is 8.97. The Labute approximate surface area is 85.1 Å². The molecule has 1 aliphatic heterocycles. The Bertz CT molecular complexity index is 200. The number of hydrogen-bond acceptors (Lipinski definition) is 3. The van der Waals surface area contributed by atoms with Crippen LogP contribution in [-0.4, -0.2) is 36.2 Å². The van der Waals surface area contributed by atoms with E-state index in [1.165, 1.54) is 0 Å². The van der Waals surface area contributed by atoms with Gasteiger partial charge in [-0.2, -0.15) is 0 Å². The van der Waals surface area contributed by atoms with Crippen LogP contribution >= 0.6 is 0 Å².